The third-order valence-electron chi connectivity index (χ3n) is 7.13. The molecule has 0 spiro atoms. The van der Waals surface area contributed by atoms with E-state index in [4.69, 9.17) is 0 Å². The minimum Gasteiger partial charge on any atom is -0.369 e. The van der Waals surface area contributed by atoms with E-state index in [2.05, 4.69) is 39.0 Å². The van der Waals surface area contributed by atoms with Gasteiger partial charge in [-0.3, -0.25) is 14.5 Å². The Morgan fingerprint density at radius 3 is 2.47 bits per heavy atom. The predicted molar refractivity (Wildman–Crippen MR) is 139 cm³/mol. The first kappa shape index (κ1) is 24.9. The van der Waals surface area contributed by atoms with Crippen molar-refractivity contribution in [3.8, 4) is 0 Å². The average Bonchev–Trinajstić information content (AvgIpc) is 3.53. The number of fused-ring (bicyclic) bond motifs is 1. The molecule has 0 radical (unpaired) electrons. The summed E-state index contributed by atoms with van der Waals surface area (Å²) >= 11 is 1.46. The van der Waals surface area contributed by atoms with Crippen molar-refractivity contribution in [3.05, 3.63) is 58.2 Å². The standard InChI is InChI=1S/C25H31N5O4S2/c1-17(2)22-23-20(30(25(22)32)36(3,33)34)9-10-29(23)24(31)19-16-35-21(26-19)15-27-11-13-28(14-12-27)18-7-5-4-6-8-18/h4-9,16-17,22-23H,10-15H2,1-3H3/t22-,23+/m0/s1. The molecule has 2 saturated heterocycles. The zero-order valence-electron chi connectivity index (χ0n) is 20.7. The number of anilines is 1. The zero-order valence-corrected chi connectivity index (χ0v) is 22.3. The summed E-state index contributed by atoms with van der Waals surface area (Å²) in [6.07, 6.45) is 2.71. The van der Waals surface area contributed by atoms with Crippen LogP contribution in [0.5, 0.6) is 0 Å². The van der Waals surface area contributed by atoms with Gasteiger partial charge in [-0.05, 0) is 24.1 Å². The van der Waals surface area contributed by atoms with Gasteiger partial charge in [0.1, 0.15) is 10.7 Å². The topological polar surface area (TPSA) is 94.1 Å². The molecule has 1 aromatic heterocycles. The number of rotatable bonds is 6. The van der Waals surface area contributed by atoms with Gasteiger partial charge >= 0.3 is 0 Å². The lowest BCUT2D eigenvalue weighted by Crippen LogP contribution is -2.46. The van der Waals surface area contributed by atoms with Gasteiger partial charge < -0.3 is 9.80 Å². The van der Waals surface area contributed by atoms with Crippen molar-refractivity contribution in [3.63, 3.8) is 0 Å². The summed E-state index contributed by atoms with van der Waals surface area (Å²) in [4.78, 5) is 37.4. The molecule has 2 atom stereocenters. The Hall–Kier alpha value is -2.76. The maximum Gasteiger partial charge on any atom is 0.274 e. The van der Waals surface area contributed by atoms with Crippen LogP contribution in [-0.4, -0.2) is 84.3 Å². The van der Waals surface area contributed by atoms with Crippen molar-refractivity contribution < 1.29 is 18.0 Å². The first-order valence-corrected chi connectivity index (χ1v) is 14.9. The van der Waals surface area contributed by atoms with E-state index in [0.717, 1.165) is 41.7 Å². The van der Waals surface area contributed by atoms with Crippen LogP contribution in [0.1, 0.15) is 29.3 Å². The minimum absolute atomic E-state index is 0.119. The molecule has 3 aliphatic rings. The number of hydrogen-bond donors (Lipinski definition) is 0. The molecule has 0 N–H and O–H groups in total. The molecule has 11 heteroatoms. The van der Waals surface area contributed by atoms with Gasteiger partial charge in [-0.15, -0.1) is 11.3 Å². The molecule has 9 nitrogen and oxygen atoms in total. The number of benzene rings is 1. The molecule has 0 unspecified atom stereocenters. The number of carbonyl (C=O) groups is 2. The van der Waals surface area contributed by atoms with Gasteiger partial charge in [0.15, 0.2) is 0 Å². The predicted octanol–water partition coefficient (Wildman–Crippen LogP) is 2.25. The summed E-state index contributed by atoms with van der Waals surface area (Å²) in [5.74, 6) is -1.45. The highest BCUT2D eigenvalue weighted by Gasteiger charge is 2.55. The molecule has 36 heavy (non-hydrogen) atoms. The fraction of sp³-hybridized carbons (Fsp3) is 0.480. The van der Waals surface area contributed by atoms with Gasteiger partial charge in [0, 0.05) is 43.8 Å². The normalized spacial score (nSPS) is 22.9. The van der Waals surface area contributed by atoms with Crippen LogP contribution >= 0.6 is 11.3 Å². The highest BCUT2D eigenvalue weighted by Crippen LogP contribution is 2.41. The summed E-state index contributed by atoms with van der Waals surface area (Å²) in [5.41, 5.74) is 1.97. The van der Waals surface area contributed by atoms with Gasteiger partial charge in [-0.2, -0.15) is 0 Å². The molecule has 0 saturated carbocycles. The van der Waals surface area contributed by atoms with Crippen LogP contribution in [0, 0.1) is 11.8 Å². The van der Waals surface area contributed by atoms with E-state index in [-0.39, 0.29) is 18.4 Å². The average molecular weight is 530 g/mol. The highest BCUT2D eigenvalue weighted by molar-refractivity contribution is 7.89. The van der Waals surface area contributed by atoms with Gasteiger partial charge in [-0.25, -0.2) is 17.7 Å². The molecule has 0 aliphatic carbocycles. The number of amides is 2. The molecular formula is C25H31N5O4S2. The number of para-hydroxylation sites is 1. The molecule has 1 aromatic carbocycles. The van der Waals surface area contributed by atoms with Gasteiger partial charge in [0.2, 0.25) is 15.9 Å². The van der Waals surface area contributed by atoms with E-state index < -0.39 is 27.9 Å². The van der Waals surface area contributed by atoms with Crippen LogP contribution in [0.3, 0.4) is 0 Å². The molecule has 5 rings (SSSR count). The van der Waals surface area contributed by atoms with Crippen molar-refractivity contribution in [2.24, 2.45) is 11.8 Å². The third-order valence-corrected chi connectivity index (χ3v) is 9.02. The van der Waals surface area contributed by atoms with Crippen LogP contribution in [0.15, 0.2) is 47.5 Å². The van der Waals surface area contributed by atoms with Crippen molar-refractivity contribution in [1.29, 1.82) is 0 Å². The van der Waals surface area contributed by atoms with Gasteiger partial charge in [0.05, 0.1) is 30.5 Å². The fourth-order valence-electron chi connectivity index (χ4n) is 5.40. The van der Waals surface area contributed by atoms with E-state index in [1.54, 1.807) is 16.4 Å². The number of piperazine rings is 1. The quantitative estimate of drug-likeness (QED) is 0.567. The number of nitrogens with zero attached hydrogens (tertiary/aromatic N) is 5. The van der Waals surface area contributed by atoms with E-state index in [1.807, 2.05) is 19.9 Å². The lowest BCUT2D eigenvalue weighted by Gasteiger charge is -2.35. The van der Waals surface area contributed by atoms with Crippen molar-refractivity contribution in [2.45, 2.75) is 26.4 Å². The van der Waals surface area contributed by atoms with E-state index in [0.29, 0.717) is 17.9 Å². The lowest BCUT2D eigenvalue weighted by atomic mass is 9.89. The molecule has 3 aliphatic heterocycles. The van der Waals surface area contributed by atoms with Gasteiger partial charge in [-0.1, -0.05) is 32.0 Å². The van der Waals surface area contributed by atoms with Crippen molar-refractivity contribution in [2.75, 3.05) is 43.9 Å². The Balaban J connectivity index is 1.25. The second-order valence-corrected chi connectivity index (χ2v) is 12.7. The van der Waals surface area contributed by atoms with E-state index in [1.165, 1.54) is 17.0 Å². The monoisotopic (exact) mass is 529 g/mol. The van der Waals surface area contributed by atoms with Gasteiger partial charge in [0.25, 0.3) is 5.91 Å². The maximum absolute atomic E-state index is 13.5. The number of hydrogen-bond acceptors (Lipinski definition) is 8. The van der Waals surface area contributed by atoms with Crippen molar-refractivity contribution in [1.82, 2.24) is 19.1 Å². The number of sulfonamides is 1. The molecule has 2 fully saturated rings. The molecule has 192 valence electrons. The number of carbonyl (C=O) groups excluding carboxylic acids is 2. The first-order valence-electron chi connectivity index (χ1n) is 12.2. The Morgan fingerprint density at radius 1 is 1.14 bits per heavy atom. The molecule has 0 bridgehead atoms. The smallest absolute Gasteiger partial charge is 0.274 e. The SMILES string of the molecule is CC(C)[C@@H]1C(=O)N(S(C)(=O)=O)C2=CCN(C(=O)c3csc(CN4CCN(c5ccccc5)CC4)n3)[C@H]21. The van der Waals surface area contributed by atoms with Crippen molar-refractivity contribution >= 4 is 38.9 Å². The first-order chi connectivity index (χ1) is 17.1. The van der Waals surface area contributed by atoms with E-state index >= 15 is 0 Å². The summed E-state index contributed by atoms with van der Waals surface area (Å²) in [5, 5.41) is 2.64. The Kier molecular flexibility index (Phi) is 6.65. The second-order valence-electron chi connectivity index (χ2n) is 9.89. The minimum atomic E-state index is -3.77. The summed E-state index contributed by atoms with van der Waals surface area (Å²) < 4.78 is 25.6. The molecule has 2 aromatic rings. The zero-order chi connectivity index (χ0) is 25.6. The Labute approximate surface area is 216 Å². The van der Waals surface area contributed by atoms with Crippen LogP contribution in [0.4, 0.5) is 5.69 Å². The third kappa shape index (κ3) is 4.55. The number of aromatic nitrogens is 1. The van der Waals surface area contributed by atoms with Crippen LogP contribution in [0.25, 0.3) is 0 Å². The maximum atomic E-state index is 13.5. The Bertz CT molecular complexity index is 1280. The highest BCUT2D eigenvalue weighted by atomic mass is 32.2. The molecular weight excluding hydrogens is 498 g/mol. The van der Waals surface area contributed by atoms with E-state index in [9.17, 15) is 18.0 Å². The molecule has 2 amide bonds. The lowest BCUT2D eigenvalue weighted by molar-refractivity contribution is -0.128. The summed E-state index contributed by atoms with van der Waals surface area (Å²) in [6, 6.07) is 9.80. The summed E-state index contributed by atoms with van der Waals surface area (Å²) in [7, 11) is -3.77. The van der Waals surface area contributed by atoms with Crippen LogP contribution in [-0.2, 0) is 21.4 Å². The fourth-order valence-corrected chi connectivity index (χ4v) is 7.22. The largest absolute Gasteiger partial charge is 0.369 e. The molecule has 4 heterocycles. The summed E-state index contributed by atoms with van der Waals surface area (Å²) in [6.45, 7) is 8.41. The second kappa shape index (κ2) is 9.60. The number of thiazole rings is 1. The van der Waals surface area contributed by atoms with Crippen LogP contribution < -0.4 is 4.90 Å². The Morgan fingerprint density at radius 2 is 1.83 bits per heavy atom. The van der Waals surface area contributed by atoms with Crippen LogP contribution in [0.2, 0.25) is 0 Å².